The first-order chi connectivity index (χ1) is 10.2. The number of benzene rings is 2. The van der Waals surface area contributed by atoms with Gasteiger partial charge in [-0.3, -0.25) is 14.9 Å². The van der Waals surface area contributed by atoms with E-state index in [1.165, 1.54) is 12.1 Å². The molecule has 2 rings (SSSR count). The minimum atomic E-state index is -5.12. The van der Waals surface area contributed by atoms with Crippen molar-refractivity contribution < 1.29 is 25.7 Å². The Balaban J connectivity index is 0.000000422. The molecule has 0 aliphatic heterocycles. The van der Waals surface area contributed by atoms with Crippen molar-refractivity contribution in [2.75, 3.05) is 0 Å². The van der Waals surface area contributed by atoms with Crippen molar-refractivity contribution in [1.29, 1.82) is 0 Å². The summed E-state index contributed by atoms with van der Waals surface area (Å²) in [5, 5.41) is 10.8. The Morgan fingerprint density at radius 3 is 1.91 bits per heavy atom. The number of ketones is 1. The summed E-state index contributed by atoms with van der Waals surface area (Å²) in [7, 11) is 0. The fraction of sp³-hybridized carbons (Fsp3) is 0. The average Bonchev–Trinajstić information content (AvgIpc) is 2.45. The molecule has 0 heterocycles. The third-order valence-corrected chi connectivity index (χ3v) is 2.38. The molecule has 0 saturated heterocycles. The van der Waals surface area contributed by atoms with Crippen LogP contribution in [0, 0.1) is 10.1 Å². The summed E-state index contributed by atoms with van der Waals surface area (Å²) in [5.74, 6) is -0.335. The molecule has 8 nitrogen and oxygen atoms in total. The molecule has 2 aromatic rings. The van der Waals surface area contributed by atoms with E-state index in [0.29, 0.717) is 5.56 Å². The molecule has 0 bridgehead atoms. The predicted octanol–water partition coefficient (Wildman–Crippen LogP) is 0.655. The van der Waals surface area contributed by atoms with Crippen LogP contribution in [0.4, 0.5) is 5.69 Å². The average molecular weight is 369 g/mol. The summed E-state index contributed by atoms with van der Waals surface area (Å²) in [6.45, 7) is 0. The van der Waals surface area contributed by atoms with Gasteiger partial charge in [-0.1, -0.05) is 42.5 Å². The molecule has 116 valence electrons. The molecule has 0 aliphatic carbocycles. The van der Waals surface area contributed by atoms with Crippen LogP contribution in [0.2, 0.25) is 0 Å². The Bertz CT molecular complexity index is 703. The van der Waals surface area contributed by atoms with E-state index < -0.39 is 19.4 Å². The van der Waals surface area contributed by atoms with E-state index in [4.69, 9.17) is 16.0 Å². The van der Waals surface area contributed by atoms with Gasteiger partial charge in [-0.2, -0.15) is 0 Å². The molecule has 0 fully saturated rings. The van der Waals surface area contributed by atoms with E-state index >= 15 is 0 Å². The molecule has 0 atom stereocenters. The predicted molar refractivity (Wildman–Crippen MR) is 76.1 cm³/mol. The van der Waals surface area contributed by atoms with E-state index in [0.717, 1.165) is 0 Å². The number of hydrogen-bond donors (Lipinski definition) is 3. The topological polar surface area (TPSA) is 138 Å². The molecule has 22 heavy (non-hydrogen) atoms. The zero-order valence-corrected chi connectivity index (χ0v) is 12.9. The third-order valence-electron chi connectivity index (χ3n) is 2.38. The molecule has 0 spiro atoms. The summed E-state index contributed by atoms with van der Waals surface area (Å²) in [6, 6.07) is 14.5. The Morgan fingerprint density at radius 1 is 0.955 bits per heavy atom. The van der Waals surface area contributed by atoms with E-state index in [-0.39, 0.29) is 17.0 Å². The first kappa shape index (κ1) is 17.8. The number of nitro benzene ring substituents is 1. The summed E-state index contributed by atoms with van der Waals surface area (Å²) >= 11 is -5.12. The second-order valence-electron chi connectivity index (χ2n) is 3.98. The van der Waals surface area contributed by atoms with Crippen LogP contribution in [0.5, 0.6) is 0 Å². The van der Waals surface area contributed by atoms with E-state index in [1.807, 2.05) is 0 Å². The van der Waals surface area contributed by atoms with Crippen LogP contribution < -0.4 is 0 Å². The van der Waals surface area contributed by atoms with Gasteiger partial charge in [0.1, 0.15) is 5.56 Å². The minimum absolute atomic E-state index is 0.115. The zero-order valence-electron chi connectivity index (χ0n) is 11.1. The van der Waals surface area contributed by atoms with Crippen LogP contribution in [0.25, 0.3) is 0 Å². The van der Waals surface area contributed by atoms with Crippen molar-refractivity contribution in [1.82, 2.24) is 0 Å². The number of carbonyl (C=O) groups is 1. The molecule has 0 radical (unpaired) electrons. The Hall–Kier alpha value is -2.25. The van der Waals surface area contributed by atoms with Gasteiger partial charge < -0.3 is 0 Å². The van der Waals surface area contributed by atoms with E-state index in [1.54, 1.807) is 42.5 Å². The van der Waals surface area contributed by atoms with Gasteiger partial charge in [0.15, 0.2) is 5.78 Å². The van der Waals surface area contributed by atoms with E-state index in [9.17, 15) is 14.9 Å². The van der Waals surface area contributed by atoms with Gasteiger partial charge >= 0.3 is 30.5 Å². The quantitative estimate of drug-likeness (QED) is 0.313. The summed E-state index contributed by atoms with van der Waals surface area (Å²) in [5.41, 5.74) is 0.395. The Kier molecular flexibility index (Phi) is 6.21. The van der Waals surface area contributed by atoms with Crippen LogP contribution in [-0.4, -0.2) is 37.5 Å². The van der Waals surface area contributed by atoms with Crippen LogP contribution in [0.15, 0.2) is 54.6 Å². The van der Waals surface area contributed by atoms with Crippen molar-refractivity contribution in [3.05, 3.63) is 75.8 Å². The van der Waals surface area contributed by atoms with Crippen LogP contribution in [-0.2, 0) is 3.74 Å². The van der Waals surface area contributed by atoms with Gasteiger partial charge in [0, 0.05) is 11.6 Å². The number of hydrogen-bond acceptors (Lipinski definition) is 4. The molecular formula is C13H12AsNO7. The number of nitrogens with zero attached hydrogens (tertiary/aromatic N) is 1. The molecule has 0 saturated carbocycles. The van der Waals surface area contributed by atoms with Crippen LogP contribution in [0.3, 0.4) is 0 Å². The second kappa shape index (κ2) is 7.67. The summed E-state index contributed by atoms with van der Waals surface area (Å²) in [6.07, 6.45) is 0. The maximum absolute atomic E-state index is 12.1. The molecular weight excluding hydrogens is 357 g/mol. The molecule has 0 amide bonds. The summed E-state index contributed by atoms with van der Waals surface area (Å²) < 4.78 is 30.7. The number of carbonyl (C=O) groups excluding carboxylic acids is 1. The zero-order chi connectivity index (χ0) is 16.8. The fourth-order valence-electron chi connectivity index (χ4n) is 1.57. The molecule has 0 aromatic heterocycles. The van der Waals surface area contributed by atoms with Gasteiger partial charge in [0.05, 0.1) is 4.92 Å². The fourth-order valence-corrected chi connectivity index (χ4v) is 1.57. The van der Waals surface area contributed by atoms with Gasteiger partial charge in [0.25, 0.3) is 5.69 Å². The van der Waals surface area contributed by atoms with Gasteiger partial charge in [0.2, 0.25) is 0 Å². The van der Waals surface area contributed by atoms with Crippen molar-refractivity contribution in [2.24, 2.45) is 0 Å². The molecule has 9 heteroatoms. The first-order valence-electron chi connectivity index (χ1n) is 5.81. The first-order valence-corrected chi connectivity index (χ1v) is 9.10. The van der Waals surface area contributed by atoms with Crippen molar-refractivity contribution >= 4 is 26.0 Å². The van der Waals surface area contributed by atoms with Crippen molar-refractivity contribution in [2.45, 2.75) is 0 Å². The summed E-state index contributed by atoms with van der Waals surface area (Å²) in [4.78, 5) is 22.3. The van der Waals surface area contributed by atoms with E-state index in [2.05, 4.69) is 0 Å². The maximum atomic E-state index is 12.1. The monoisotopic (exact) mass is 369 g/mol. The number of para-hydroxylation sites is 1. The van der Waals surface area contributed by atoms with Gasteiger partial charge in [-0.05, 0) is 6.07 Å². The number of nitro groups is 1. The molecule has 0 aliphatic rings. The number of rotatable bonds is 3. The molecule has 3 N–H and O–H groups in total. The van der Waals surface area contributed by atoms with Gasteiger partial charge in [-0.15, -0.1) is 0 Å². The van der Waals surface area contributed by atoms with Crippen LogP contribution >= 0.6 is 0 Å². The SMILES string of the molecule is O=C(c1ccccc1)c1ccccc1[N+](=O)[O-].O=[As](O)(O)O. The second-order valence-corrected chi connectivity index (χ2v) is 6.14. The Morgan fingerprint density at radius 2 is 1.41 bits per heavy atom. The standard InChI is InChI=1S/C13H9NO3.AsH3O4/c15-13(10-6-2-1-3-7-10)11-8-4-5-9-12(11)14(16)17;2-1(3,4)5/h1-9H;(H3,2,3,4,5). The van der Waals surface area contributed by atoms with Gasteiger partial charge in [-0.25, -0.2) is 0 Å². The third kappa shape index (κ3) is 6.02. The normalized spacial score (nSPS) is 10.3. The molecule has 2 aromatic carbocycles. The van der Waals surface area contributed by atoms with Crippen molar-refractivity contribution in [3.63, 3.8) is 0 Å². The van der Waals surface area contributed by atoms with Crippen LogP contribution in [0.1, 0.15) is 15.9 Å². The molecule has 0 unspecified atom stereocenters. The van der Waals surface area contributed by atoms with Crippen molar-refractivity contribution in [3.8, 4) is 0 Å². The Labute approximate surface area is 128 Å².